The maximum Gasteiger partial charge on any atom is 0.233 e. The van der Waals surface area contributed by atoms with E-state index in [0.717, 1.165) is 25.2 Å². The lowest BCUT2D eigenvalue weighted by molar-refractivity contribution is -0.858. The van der Waals surface area contributed by atoms with Gasteiger partial charge in [0, 0.05) is 18.7 Å². The van der Waals surface area contributed by atoms with Gasteiger partial charge in [0.15, 0.2) is 0 Å². The summed E-state index contributed by atoms with van der Waals surface area (Å²) in [5.74, 6) is 0.222. The first-order valence-electron chi connectivity index (χ1n) is 6.39. The van der Waals surface area contributed by atoms with Crippen LogP contribution in [-0.4, -0.2) is 38.0 Å². The summed E-state index contributed by atoms with van der Waals surface area (Å²) in [6, 6.07) is 0. The minimum atomic E-state index is -0.00426. The summed E-state index contributed by atoms with van der Waals surface area (Å²) in [6.07, 6.45) is 5.19. The van der Waals surface area contributed by atoms with E-state index < -0.39 is 0 Å². The van der Waals surface area contributed by atoms with Crippen LogP contribution in [0.5, 0.6) is 0 Å². The van der Waals surface area contributed by atoms with Gasteiger partial charge in [-0.3, -0.25) is 4.79 Å². The van der Waals surface area contributed by atoms with Crippen LogP contribution in [0.25, 0.3) is 0 Å². The van der Waals surface area contributed by atoms with Crippen molar-refractivity contribution in [3.63, 3.8) is 0 Å². The summed E-state index contributed by atoms with van der Waals surface area (Å²) in [5.41, 5.74) is 2.26. The fourth-order valence-corrected chi connectivity index (χ4v) is 2.22. The number of rotatable bonds is 4. The smallest absolute Gasteiger partial charge is 0.233 e. The highest BCUT2D eigenvalue weighted by atomic mass is 35.5. The van der Waals surface area contributed by atoms with E-state index in [1.54, 1.807) is 0 Å². The van der Waals surface area contributed by atoms with Gasteiger partial charge in [-0.25, -0.2) is 0 Å². The highest BCUT2D eigenvalue weighted by Crippen LogP contribution is 2.19. The second kappa shape index (κ2) is 7.59. The van der Waals surface area contributed by atoms with Crippen molar-refractivity contribution in [2.45, 2.75) is 27.2 Å². The Bertz CT molecular complexity index is 348. The Labute approximate surface area is 117 Å². The topological polar surface area (TPSA) is 24.8 Å². The van der Waals surface area contributed by atoms with Crippen molar-refractivity contribution in [3.05, 3.63) is 23.4 Å². The number of nitrogens with one attached hydrogen (secondary N) is 1. The molecule has 4 heteroatoms. The number of halogens is 1. The zero-order valence-electron chi connectivity index (χ0n) is 12.1. The summed E-state index contributed by atoms with van der Waals surface area (Å²) in [7, 11) is 4.28. The van der Waals surface area contributed by atoms with Gasteiger partial charge < -0.3 is 22.2 Å². The zero-order chi connectivity index (χ0) is 13.0. The molecule has 1 rings (SSSR count). The standard InChI is InChI=1S/C14H24N2O.ClH/c1-11-9-12(2)14(17)16(13(3)10-11)8-6-7-15(4)5;/h9-10,12H,6-8H2,1-5H3;1H. The van der Waals surface area contributed by atoms with E-state index >= 15 is 0 Å². The Morgan fingerprint density at radius 2 is 1.94 bits per heavy atom. The molecule has 0 aromatic rings. The summed E-state index contributed by atoms with van der Waals surface area (Å²) in [4.78, 5) is 15.6. The molecule has 18 heavy (non-hydrogen) atoms. The Morgan fingerprint density at radius 1 is 1.33 bits per heavy atom. The van der Waals surface area contributed by atoms with Crippen molar-refractivity contribution >= 4 is 5.91 Å². The summed E-state index contributed by atoms with van der Waals surface area (Å²) < 4.78 is 0. The second-order valence-electron chi connectivity index (χ2n) is 5.29. The fraction of sp³-hybridized carbons (Fsp3) is 0.643. The lowest BCUT2D eigenvalue weighted by Gasteiger charge is -2.24. The SMILES string of the molecule is CC1=CC(C)C(=O)N(CCC[NH+](C)C)C(C)=C1.[Cl-]. The monoisotopic (exact) mass is 272 g/mol. The van der Waals surface area contributed by atoms with Crippen molar-refractivity contribution in [2.24, 2.45) is 5.92 Å². The number of quaternary nitrogens is 1. The van der Waals surface area contributed by atoms with E-state index in [1.807, 2.05) is 24.8 Å². The van der Waals surface area contributed by atoms with Gasteiger partial charge in [0.05, 0.1) is 26.6 Å². The molecule has 0 aromatic heterocycles. The molecule has 0 bridgehead atoms. The predicted molar refractivity (Wildman–Crippen MR) is 70.7 cm³/mol. The van der Waals surface area contributed by atoms with Gasteiger partial charge in [-0.2, -0.15) is 0 Å². The van der Waals surface area contributed by atoms with E-state index in [2.05, 4.69) is 27.1 Å². The highest BCUT2D eigenvalue weighted by molar-refractivity contribution is 5.82. The van der Waals surface area contributed by atoms with Crippen LogP contribution in [0, 0.1) is 5.92 Å². The molecule has 0 radical (unpaired) electrons. The maximum absolute atomic E-state index is 12.2. The van der Waals surface area contributed by atoms with Gasteiger partial charge in [-0.1, -0.05) is 18.6 Å². The number of allylic oxidation sites excluding steroid dienone is 3. The number of amides is 1. The Morgan fingerprint density at radius 3 is 2.50 bits per heavy atom. The number of carbonyl (C=O) groups excluding carboxylic acids is 1. The molecule has 1 amide bonds. The molecule has 1 atom stereocenters. The largest absolute Gasteiger partial charge is 1.00 e. The van der Waals surface area contributed by atoms with Crippen LogP contribution in [0.4, 0.5) is 0 Å². The normalized spacial score (nSPS) is 20.2. The van der Waals surface area contributed by atoms with Crippen LogP contribution >= 0.6 is 0 Å². The molecule has 3 nitrogen and oxygen atoms in total. The second-order valence-corrected chi connectivity index (χ2v) is 5.29. The number of hydrogen-bond donors (Lipinski definition) is 1. The first-order chi connectivity index (χ1) is 7.91. The van der Waals surface area contributed by atoms with Crippen LogP contribution in [0.2, 0.25) is 0 Å². The van der Waals surface area contributed by atoms with Crippen LogP contribution < -0.4 is 17.3 Å². The van der Waals surface area contributed by atoms with Gasteiger partial charge in [0.25, 0.3) is 0 Å². The molecule has 0 aromatic carbocycles. The lowest BCUT2D eigenvalue weighted by Crippen LogP contribution is -3.05. The van der Waals surface area contributed by atoms with E-state index in [0.29, 0.717) is 0 Å². The summed E-state index contributed by atoms with van der Waals surface area (Å²) in [6.45, 7) is 7.98. The Balaban J connectivity index is 0.00000289. The van der Waals surface area contributed by atoms with Crippen LogP contribution in [0.1, 0.15) is 27.2 Å². The van der Waals surface area contributed by atoms with E-state index in [1.165, 1.54) is 10.5 Å². The van der Waals surface area contributed by atoms with Crippen LogP contribution in [0.15, 0.2) is 23.4 Å². The maximum atomic E-state index is 12.2. The van der Waals surface area contributed by atoms with Gasteiger partial charge >= 0.3 is 0 Å². The average Bonchev–Trinajstić information content (AvgIpc) is 2.29. The van der Waals surface area contributed by atoms with Gasteiger partial charge in [-0.15, -0.1) is 0 Å². The van der Waals surface area contributed by atoms with Crippen molar-refractivity contribution in [1.29, 1.82) is 0 Å². The van der Waals surface area contributed by atoms with Crippen molar-refractivity contribution < 1.29 is 22.1 Å². The molecule has 1 heterocycles. The highest BCUT2D eigenvalue weighted by Gasteiger charge is 2.22. The molecule has 0 spiro atoms. The van der Waals surface area contributed by atoms with Gasteiger partial charge in [0.1, 0.15) is 0 Å². The van der Waals surface area contributed by atoms with E-state index in [-0.39, 0.29) is 24.2 Å². The third-order valence-electron chi connectivity index (χ3n) is 3.09. The van der Waals surface area contributed by atoms with E-state index in [9.17, 15) is 4.79 Å². The molecule has 0 fully saturated rings. The molecular weight excluding hydrogens is 248 g/mol. The first-order valence-corrected chi connectivity index (χ1v) is 6.39. The minimum absolute atomic E-state index is 0. The average molecular weight is 273 g/mol. The third-order valence-corrected chi connectivity index (χ3v) is 3.09. The van der Waals surface area contributed by atoms with E-state index in [4.69, 9.17) is 0 Å². The lowest BCUT2D eigenvalue weighted by atomic mass is 10.1. The Kier molecular flexibility index (Phi) is 7.26. The first kappa shape index (κ1) is 17.2. The Hall–Kier alpha value is -0.800. The quantitative estimate of drug-likeness (QED) is 0.621. The molecular formula is C14H25ClN2O. The molecule has 104 valence electrons. The molecule has 1 aliphatic rings. The predicted octanol–water partition coefficient (Wildman–Crippen LogP) is -2.15. The fourth-order valence-electron chi connectivity index (χ4n) is 2.22. The molecule has 0 saturated heterocycles. The molecule has 1 N–H and O–H groups in total. The minimum Gasteiger partial charge on any atom is -1.00 e. The molecule has 1 unspecified atom stereocenters. The number of carbonyl (C=O) groups is 1. The summed E-state index contributed by atoms with van der Waals surface area (Å²) in [5, 5.41) is 0. The molecule has 1 aliphatic heterocycles. The van der Waals surface area contributed by atoms with Crippen molar-refractivity contribution in [1.82, 2.24) is 4.90 Å². The zero-order valence-corrected chi connectivity index (χ0v) is 12.8. The molecule has 0 saturated carbocycles. The molecule has 0 aliphatic carbocycles. The van der Waals surface area contributed by atoms with Gasteiger partial charge in [0.2, 0.25) is 5.91 Å². The van der Waals surface area contributed by atoms with Crippen molar-refractivity contribution in [3.8, 4) is 0 Å². The van der Waals surface area contributed by atoms with Crippen LogP contribution in [-0.2, 0) is 4.79 Å². The van der Waals surface area contributed by atoms with Crippen molar-refractivity contribution in [2.75, 3.05) is 27.2 Å². The third kappa shape index (κ3) is 4.83. The number of hydrogen-bond acceptors (Lipinski definition) is 1. The van der Waals surface area contributed by atoms with Gasteiger partial charge in [-0.05, 0) is 19.9 Å². The summed E-state index contributed by atoms with van der Waals surface area (Å²) >= 11 is 0. The number of nitrogens with zero attached hydrogens (tertiary/aromatic N) is 1. The van der Waals surface area contributed by atoms with Crippen LogP contribution in [0.3, 0.4) is 0 Å².